The fraction of sp³-hybridized carbons (Fsp3) is 0.0526. The van der Waals surface area contributed by atoms with E-state index >= 15 is 0 Å². The second-order valence-electron chi connectivity index (χ2n) is 4.63. The minimum atomic E-state index is 0.833. The Morgan fingerprint density at radius 2 is 1.55 bits per heavy atom. The Morgan fingerprint density at radius 1 is 0.900 bits per heavy atom. The maximum Gasteiger partial charge on any atom is 0.135 e. The van der Waals surface area contributed by atoms with Crippen LogP contribution in [0, 0.1) is 0 Å². The van der Waals surface area contributed by atoms with Crippen molar-refractivity contribution < 1.29 is 4.74 Å². The van der Waals surface area contributed by atoms with Gasteiger partial charge in [-0.1, -0.05) is 61.2 Å². The summed E-state index contributed by atoms with van der Waals surface area (Å²) in [6.07, 6.45) is 5.82. The molecule has 2 aromatic carbocycles. The highest BCUT2D eigenvalue weighted by Gasteiger charge is 2.19. The Bertz CT molecular complexity index is 720. The van der Waals surface area contributed by atoms with Gasteiger partial charge in [0.1, 0.15) is 11.5 Å². The van der Waals surface area contributed by atoms with Gasteiger partial charge in [-0.25, -0.2) is 0 Å². The summed E-state index contributed by atoms with van der Waals surface area (Å²) < 4.78 is 6.10. The third-order valence-electron chi connectivity index (χ3n) is 3.40. The van der Waals surface area contributed by atoms with Crippen molar-refractivity contribution in [2.75, 3.05) is 0 Å². The van der Waals surface area contributed by atoms with Gasteiger partial charge in [0.05, 0.1) is 0 Å². The molecule has 2 aromatic rings. The minimum absolute atomic E-state index is 0.833. The number of rotatable bonds is 2. The average molecular weight is 260 g/mol. The van der Waals surface area contributed by atoms with Crippen molar-refractivity contribution in [2.45, 2.75) is 6.92 Å². The molecule has 98 valence electrons. The van der Waals surface area contributed by atoms with Gasteiger partial charge in [0.15, 0.2) is 0 Å². The summed E-state index contributed by atoms with van der Waals surface area (Å²) in [5.74, 6) is 1.71. The van der Waals surface area contributed by atoms with Gasteiger partial charge in [0, 0.05) is 11.1 Å². The van der Waals surface area contributed by atoms with Crippen LogP contribution in [0.2, 0.25) is 0 Å². The molecule has 0 fully saturated rings. The first-order valence-corrected chi connectivity index (χ1v) is 6.71. The molecular weight excluding hydrogens is 244 g/mol. The lowest BCUT2D eigenvalue weighted by Gasteiger charge is -2.08. The van der Waals surface area contributed by atoms with E-state index in [2.05, 4.69) is 30.8 Å². The van der Waals surface area contributed by atoms with E-state index in [1.807, 2.05) is 49.4 Å². The zero-order chi connectivity index (χ0) is 13.9. The molecule has 1 aliphatic heterocycles. The predicted octanol–water partition coefficient (Wildman–Crippen LogP) is 5.22. The predicted molar refractivity (Wildman–Crippen MR) is 84.4 cm³/mol. The summed E-state index contributed by atoms with van der Waals surface area (Å²) in [6.45, 7) is 5.93. The van der Waals surface area contributed by atoms with Gasteiger partial charge in [-0.15, -0.1) is 0 Å². The van der Waals surface area contributed by atoms with Crippen molar-refractivity contribution in [3.05, 3.63) is 84.7 Å². The molecule has 0 N–H and O–H groups in total. The van der Waals surface area contributed by atoms with E-state index in [-0.39, 0.29) is 0 Å². The average Bonchev–Trinajstić information content (AvgIpc) is 2.62. The molecule has 0 saturated carbocycles. The quantitative estimate of drug-likeness (QED) is 0.719. The molecule has 0 radical (unpaired) electrons. The van der Waals surface area contributed by atoms with Crippen LogP contribution >= 0.6 is 0 Å². The first kappa shape index (κ1) is 12.5. The van der Waals surface area contributed by atoms with Crippen LogP contribution in [0.1, 0.15) is 12.5 Å². The van der Waals surface area contributed by atoms with Gasteiger partial charge >= 0.3 is 0 Å². The van der Waals surface area contributed by atoms with E-state index in [4.69, 9.17) is 4.74 Å². The van der Waals surface area contributed by atoms with Gasteiger partial charge in [-0.05, 0) is 30.2 Å². The minimum Gasteiger partial charge on any atom is -0.456 e. The lowest BCUT2D eigenvalue weighted by atomic mass is 9.94. The van der Waals surface area contributed by atoms with Crippen LogP contribution in [0.25, 0.3) is 16.7 Å². The van der Waals surface area contributed by atoms with Crippen molar-refractivity contribution >= 4 is 5.57 Å². The SMILES string of the molecule is C=CC1=C(/C=C\C)Oc2ccccc2-c2ccccc21. The number of allylic oxidation sites excluding steroid dienone is 4. The number of para-hydroxylation sites is 1. The molecule has 0 unspecified atom stereocenters. The largest absolute Gasteiger partial charge is 0.456 e. The van der Waals surface area contributed by atoms with Crippen LogP contribution < -0.4 is 4.74 Å². The molecule has 1 aliphatic rings. The molecule has 0 aliphatic carbocycles. The number of hydrogen-bond acceptors (Lipinski definition) is 1. The Hall–Kier alpha value is -2.54. The van der Waals surface area contributed by atoms with E-state index in [1.54, 1.807) is 0 Å². The van der Waals surface area contributed by atoms with Crippen molar-refractivity contribution in [3.8, 4) is 16.9 Å². The Labute approximate surface area is 119 Å². The third kappa shape index (κ3) is 1.97. The van der Waals surface area contributed by atoms with E-state index in [0.29, 0.717) is 0 Å². The molecule has 20 heavy (non-hydrogen) atoms. The van der Waals surface area contributed by atoms with Crippen LogP contribution in [-0.2, 0) is 0 Å². The molecule has 1 heteroatoms. The van der Waals surface area contributed by atoms with Crippen molar-refractivity contribution in [1.29, 1.82) is 0 Å². The highest BCUT2D eigenvalue weighted by Crippen LogP contribution is 2.40. The highest BCUT2D eigenvalue weighted by molar-refractivity contribution is 5.90. The topological polar surface area (TPSA) is 9.23 Å². The summed E-state index contributed by atoms with van der Waals surface area (Å²) >= 11 is 0. The molecule has 1 nitrogen and oxygen atoms in total. The highest BCUT2D eigenvalue weighted by atomic mass is 16.5. The van der Waals surface area contributed by atoms with Crippen LogP contribution in [0.3, 0.4) is 0 Å². The fourth-order valence-electron chi connectivity index (χ4n) is 2.52. The summed E-state index contributed by atoms with van der Waals surface area (Å²) in [5, 5.41) is 0. The standard InChI is InChI=1S/C19H16O/c1-3-9-18-14(4-2)15-10-5-6-11-16(15)17-12-7-8-13-19(17)20-18/h3-13H,2H2,1H3/b9-3-. The van der Waals surface area contributed by atoms with Crippen molar-refractivity contribution in [1.82, 2.24) is 0 Å². The van der Waals surface area contributed by atoms with Crippen LogP contribution in [0.15, 0.2) is 79.1 Å². The Balaban J connectivity index is 2.37. The first-order valence-electron chi connectivity index (χ1n) is 6.71. The number of hydrogen-bond donors (Lipinski definition) is 0. The van der Waals surface area contributed by atoms with E-state index in [0.717, 1.165) is 28.2 Å². The molecular formula is C19H16O. The zero-order valence-electron chi connectivity index (χ0n) is 11.5. The normalized spacial score (nSPS) is 13.4. The van der Waals surface area contributed by atoms with Crippen LogP contribution in [0.4, 0.5) is 0 Å². The summed E-state index contributed by atoms with van der Waals surface area (Å²) in [7, 11) is 0. The molecule has 1 heterocycles. The van der Waals surface area contributed by atoms with Gasteiger partial charge in [0.2, 0.25) is 0 Å². The number of fused-ring (bicyclic) bond motifs is 3. The van der Waals surface area contributed by atoms with E-state index in [9.17, 15) is 0 Å². The van der Waals surface area contributed by atoms with E-state index < -0.39 is 0 Å². The second kappa shape index (κ2) is 5.22. The molecule has 0 aromatic heterocycles. The van der Waals surface area contributed by atoms with Gasteiger partial charge in [-0.2, -0.15) is 0 Å². The van der Waals surface area contributed by atoms with Gasteiger partial charge in [0.25, 0.3) is 0 Å². The number of benzene rings is 2. The molecule has 0 atom stereocenters. The van der Waals surface area contributed by atoms with Crippen molar-refractivity contribution in [2.24, 2.45) is 0 Å². The monoisotopic (exact) mass is 260 g/mol. The summed E-state index contributed by atoms with van der Waals surface area (Å²) in [4.78, 5) is 0. The maximum absolute atomic E-state index is 6.10. The molecule has 0 amide bonds. The third-order valence-corrected chi connectivity index (χ3v) is 3.40. The molecule has 0 bridgehead atoms. The lowest BCUT2D eigenvalue weighted by molar-refractivity contribution is 0.450. The van der Waals surface area contributed by atoms with Gasteiger partial charge < -0.3 is 4.74 Å². The van der Waals surface area contributed by atoms with Crippen LogP contribution in [0.5, 0.6) is 5.75 Å². The Kier molecular flexibility index (Phi) is 3.26. The molecule has 0 spiro atoms. The molecule has 3 rings (SSSR count). The summed E-state index contributed by atoms with van der Waals surface area (Å²) in [6, 6.07) is 16.5. The van der Waals surface area contributed by atoms with Crippen LogP contribution in [-0.4, -0.2) is 0 Å². The first-order chi connectivity index (χ1) is 9.85. The number of ether oxygens (including phenoxy) is 1. The molecule has 0 saturated heterocycles. The fourth-order valence-corrected chi connectivity index (χ4v) is 2.52. The smallest absolute Gasteiger partial charge is 0.135 e. The second-order valence-corrected chi connectivity index (χ2v) is 4.63. The maximum atomic E-state index is 6.10. The van der Waals surface area contributed by atoms with Gasteiger partial charge in [-0.3, -0.25) is 0 Å². The van der Waals surface area contributed by atoms with E-state index in [1.165, 1.54) is 5.56 Å². The van der Waals surface area contributed by atoms with Crippen molar-refractivity contribution in [3.63, 3.8) is 0 Å². The Morgan fingerprint density at radius 3 is 2.25 bits per heavy atom. The summed E-state index contributed by atoms with van der Waals surface area (Å²) in [5.41, 5.74) is 4.47. The lowest BCUT2D eigenvalue weighted by Crippen LogP contribution is -1.94. The zero-order valence-corrected chi connectivity index (χ0v) is 11.5.